The predicted octanol–water partition coefficient (Wildman–Crippen LogP) is 3.27. The van der Waals surface area contributed by atoms with E-state index in [0.29, 0.717) is 12.1 Å². The Hall–Kier alpha value is -2.90. The standard InChI is InChI=1S/C22H22N2O4S/c1-4-13-23-20(21(23)22(25)28-3)18-6-5-7-19-17(18)12-14-24(19)29(26,27)16-10-8-15(2)9-11-16/h4-12,14,20-21H,1,13H2,2-3H3. The minimum Gasteiger partial charge on any atom is -0.468 e. The van der Waals surface area contributed by atoms with Crippen LogP contribution in [0, 0.1) is 6.92 Å². The normalized spacial score (nSPS) is 21.1. The molecule has 0 aliphatic carbocycles. The number of aryl methyl sites for hydroxylation is 1. The minimum absolute atomic E-state index is 0.165. The van der Waals surface area contributed by atoms with E-state index in [4.69, 9.17) is 4.74 Å². The summed E-state index contributed by atoms with van der Waals surface area (Å²) in [4.78, 5) is 14.4. The second kappa shape index (κ2) is 7.17. The molecule has 1 saturated heterocycles. The summed E-state index contributed by atoms with van der Waals surface area (Å²) in [5.74, 6) is -0.305. The smallest absolute Gasteiger partial charge is 0.325 e. The van der Waals surface area contributed by atoms with Gasteiger partial charge in [-0.3, -0.25) is 9.69 Å². The van der Waals surface area contributed by atoms with E-state index in [1.807, 2.05) is 24.0 Å². The van der Waals surface area contributed by atoms with Crippen molar-refractivity contribution in [2.75, 3.05) is 13.7 Å². The van der Waals surface area contributed by atoms with E-state index in [9.17, 15) is 13.2 Å². The molecule has 4 rings (SSSR count). The molecule has 3 aromatic rings. The number of nitrogens with zero attached hydrogens (tertiary/aromatic N) is 2. The lowest BCUT2D eigenvalue weighted by molar-refractivity contribution is -0.140. The fourth-order valence-electron chi connectivity index (χ4n) is 3.84. The van der Waals surface area contributed by atoms with E-state index >= 15 is 0 Å². The van der Waals surface area contributed by atoms with Crippen molar-refractivity contribution in [3.8, 4) is 0 Å². The molecule has 3 unspecified atom stereocenters. The van der Waals surface area contributed by atoms with Gasteiger partial charge in [-0.1, -0.05) is 35.9 Å². The van der Waals surface area contributed by atoms with Gasteiger partial charge in [0.1, 0.15) is 6.04 Å². The van der Waals surface area contributed by atoms with Gasteiger partial charge in [0.25, 0.3) is 10.0 Å². The van der Waals surface area contributed by atoms with Crippen molar-refractivity contribution in [3.05, 3.63) is 78.5 Å². The molecular formula is C22H22N2O4S. The van der Waals surface area contributed by atoms with Crippen molar-refractivity contribution in [2.24, 2.45) is 0 Å². The predicted molar refractivity (Wildman–Crippen MR) is 111 cm³/mol. The maximum absolute atomic E-state index is 13.2. The van der Waals surface area contributed by atoms with Gasteiger partial charge in [-0.2, -0.15) is 0 Å². The van der Waals surface area contributed by atoms with Gasteiger partial charge in [0.2, 0.25) is 0 Å². The van der Waals surface area contributed by atoms with Gasteiger partial charge < -0.3 is 4.74 Å². The third kappa shape index (κ3) is 3.16. The van der Waals surface area contributed by atoms with Gasteiger partial charge in [0.15, 0.2) is 0 Å². The number of hydrogen-bond acceptors (Lipinski definition) is 5. The Bertz CT molecular complexity index is 1200. The SMILES string of the molecule is C=CCN1C(C(=O)OC)C1c1cccc2c1ccn2S(=O)(=O)c1ccc(C)cc1. The molecule has 0 bridgehead atoms. The quantitative estimate of drug-likeness (QED) is 0.354. The summed E-state index contributed by atoms with van der Waals surface area (Å²) in [5, 5.41) is 0.800. The van der Waals surface area contributed by atoms with Crippen LogP contribution in [0.1, 0.15) is 17.2 Å². The number of esters is 1. The van der Waals surface area contributed by atoms with Crippen molar-refractivity contribution in [2.45, 2.75) is 23.9 Å². The minimum atomic E-state index is -3.72. The highest BCUT2D eigenvalue weighted by Crippen LogP contribution is 2.46. The first-order valence-corrected chi connectivity index (χ1v) is 10.7. The molecule has 0 saturated carbocycles. The van der Waals surface area contributed by atoms with Crippen LogP contribution in [-0.4, -0.2) is 43.0 Å². The van der Waals surface area contributed by atoms with Crippen LogP contribution < -0.4 is 0 Å². The number of hydrogen-bond donors (Lipinski definition) is 0. The lowest BCUT2D eigenvalue weighted by Gasteiger charge is -2.09. The number of ether oxygens (including phenoxy) is 1. The summed E-state index contributed by atoms with van der Waals surface area (Å²) >= 11 is 0. The molecule has 1 fully saturated rings. The number of benzene rings is 2. The largest absolute Gasteiger partial charge is 0.468 e. The second-order valence-electron chi connectivity index (χ2n) is 7.11. The zero-order valence-electron chi connectivity index (χ0n) is 16.3. The fraction of sp³-hybridized carbons (Fsp3) is 0.227. The monoisotopic (exact) mass is 410 g/mol. The third-order valence-corrected chi connectivity index (χ3v) is 7.04. The molecule has 0 radical (unpaired) electrons. The summed E-state index contributed by atoms with van der Waals surface area (Å²) in [7, 11) is -2.35. The second-order valence-corrected chi connectivity index (χ2v) is 8.92. The molecular weight excluding hydrogens is 388 g/mol. The first-order valence-electron chi connectivity index (χ1n) is 9.27. The number of fused-ring (bicyclic) bond motifs is 1. The molecule has 1 aliphatic rings. The molecule has 7 heteroatoms. The Labute approximate surface area is 170 Å². The highest BCUT2D eigenvalue weighted by Gasteiger charge is 2.54. The molecule has 29 heavy (non-hydrogen) atoms. The van der Waals surface area contributed by atoms with E-state index in [0.717, 1.165) is 16.5 Å². The highest BCUT2D eigenvalue weighted by molar-refractivity contribution is 7.90. The fourth-order valence-corrected chi connectivity index (χ4v) is 5.19. The van der Waals surface area contributed by atoms with Crippen molar-refractivity contribution in [3.63, 3.8) is 0 Å². The van der Waals surface area contributed by atoms with E-state index in [1.165, 1.54) is 11.1 Å². The zero-order chi connectivity index (χ0) is 20.8. The summed E-state index contributed by atoms with van der Waals surface area (Å²) in [6.45, 7) is 6.21. The van der Waals surface area contributed by atoms with Gasteiger partial charge in [-0.05, 0) is 36.8 Å². The van der Waals surface area contributed by atoms with Gasteiger partial charge >= 0.3 is 5.97 Å². The van der Waals surface area contributed by atoms with Crippen LogP contribution in [0.4, 0.5) is 0 Å². The van der Waals surface area contributed by atoms with Crippen molar-refractivity contribution in [1.29, 1.82) is 0 Å². The van der Waals surface area contributed by atoms with E-state index in [-0.39, 0.29) is 22.9 Å². The van der Waals surface area contributed by atoms with Gasteiger partial charge in [0, 0.05) is 18.1 Å². The third-order valence-electron chi connectivity index (χ3n) is 5.33. The van der Waals surface area contributed by atoms with Crippen molar-refractivity contribution in [1.82, 2.24) is 8.87 Å². The summed E-state index contributed by atoms with van der Waals surface area (Å²) < 4.78 is 32.6. The summed E-state index contributed by atoms with van der Waals surface area (Å²) in [6, 6.07) is 13.5. The molecule has 0 spiro atoms. The van der Waals surface area contributed by atoms with E-state index < -0.39 is 10.0 Å². The molecule has 0 N–H and O–H groups in total. The van der Waals surface area contributed by atoms with Crippen LogP contribution in [0.5, 0.6) is 0 Å². The topological polar surface area (TPSA) is 68.4 Å². The Morgan fingerprint density at radius 3 is 2.55 bits per heavy atom. The van der Waals surface area contributed by atoms with E-state index in [2.05, 4.69) is 6.58 Å². The van der Waals surface area contributed by atoms with Crippen LogP contribution in [0.25, 0.3) is 10.9 Å². The molecule has 150 valence electrons. The van der Waals surface area contributed by atoms with Crippen molar-refractivity contribution < 1.29 is 17.9 Å². The summed E-state index contributed by atoms with van der Waals surface area (Å²) in [6.07, 6.45) is 3.31. The van der Waals surface area contributed by atoms with E-state index in [1.54, 1.807) is 48.7 Å². The summed E-state index contributed by atoms with van der Waals surface area (Å²) in [5.41, 5.74) is 2.48. The lowest BCUT2D eigenvalue weighted by atomic mass is 10.1. The van der Waals surface area contributed by atoms with Crippen molar-refractivity contribution >= 4 is 26.9 Å². The van der Waals surface area contributed by atoms with Crippen LogP contribution in [0.2, 0.25) is 0 Å². The number of carbonyl (C=O) groups excluding carboxylic acids is 1. The van der Waals surface area contributed by atoms with Gasteiger partial charge in [-0.15, -0.1) is 6.58 Å². The van der Waals surface area contributed by atoms with Crippen LogP contribution in [0.3, 0.4) is 0 Å². The molecule has 6 nitrogen and oxygen atoms in total. The number of aromatic nitrogens is 1. The molecule has 2 aromatic carbocycles. The Morgan fingerprint density at radius 2 is 1.90 bits per heavy atom. The first-order chi connectivity index (χ1) is 13.9. The number of rotatable bonds is 6. The van der Waals surface area contributed by atoms with Crippen LogP contribution in [0.15, 0.2) is 72.3 Å². The van der Waals surface area contributed by atoms with Gasteiger partial charge in [0.05, 0.1) is 23.6 Å². The Kier molecular flexibility index (Phi) is 4.80. The van der Waals surface area contributed by atoms with Crippen LogP contribution in [-0.2, 0) is 19.6 Å². The molecule has 1 aromatic heterocycles. The Balaban J connectivity index is 1.79. The molecule has 1 aliphatic heterocycles. The average molecular weight is 410 g/mol. The lowest BCUT2D eigenvalue weighted by Crippen LogP contribution is -2.14. The molecule has 2 heterocycles. The zero-order valence-corrected chi connectivity index (χ0v) is 17.1. The molecule has 3 atom stereocenters. The average Bonchev–Trinajstić information content (AvgIpc) is 3.23. The van der Waals surface area contributed by atoms with Crippen LogP contribution >= 0.6 is 0 Å². The highest BCUT2D eigenvalue weighted by atomic mass is 32.2. The maximum atomic E-state index is 13.2. The maximum Gasteiger partial charge on any atom is 0.325 e. The molecule has 0 amide bonds. The Morgan fingerprint density at radius 1 is 1.17 bits per heavy atom. The number of methoxy groups -OCH3 is 1. The first kappa shape index (κ1) is 19.4. The van der Waals surface area contributed by atoms with Gasteiger partial charge in [-0.25, -0.2) is 12.4 Å². The number of carbonyl (C=O) groups is 1.